The molecule has 0 aliphatic heterocycles. The Morgan fingerprint density at radius 3 is 2.17 bits per heavy atom. The highest BCUT2D eigenvalue weighted by molar-refractivity contribution is 7.25. The highest BCUT2D eigenvalue weighted by Gasteiger charge is 2.10. The molecule has 122 valence electrons. The van der Waals surface area contributed by atoms with Crippen molar-refractivity contribution in [1.29, 1.82) is 0 Å². The van der Waals surface area contributed by atoms with E-state index in [2.05, 4.69) is 52.0 Å². The van der Waals surface area contributed by atoms with E-state index >= 15 is 0 Å². The third-order valence-corrected chi connectivity index (χ3v) is 5.75. The summed E-state index contributed by atoms with van der Waals surface area (Å²) in [5.41, 5.74) is 3.97. The third-order valence-electron chi connectivity index (χ3n) is 4.64. The quantitative estimate of drug-likeness (QED) is 0.446. The molecule has 0 N–H and O–H groups in total. The summed E-state index contributed by atoms with van der Waals surface area (Å²) in [5.74, 6) is 1.05. The minimum atomic E-state index is 0.826. The summed E-state index contributed by atoms with van der Waals surface area (Å²) in [4.78, 5) is 0. The van der Waals surface area contributed by atoms with E-state index in [0.717, 1.165) is 18.8 Å². The molecule has 0 saturated heterocycles. The molecule has 0 amide bonds. The van der Waals surface area contributed by atoms with Gasteiger partial charge in [0.15, 0.2) is 0 Å². The van der Waals surface area contributed by atoms with Crippen molar-refractivity contribution in [3.05, 3.63) is 41.0 Å². The number of hydrogen-bond donors (Lipinski definition) is 0. The molecule has 3 aromatic rings. The maximum absolute atomic E-state index is 6.07. The largest absolute Gasteiger partial charge is 0.493 e. The Bertz CT molecular complexity index is 829. The van der Waals surface area contributed by atoms with Gasteiger partial charge < -0.3 is 4.74 Å². The average Bonchev–Trinajstić information content (AvgIpc) is 2.84. The van der Waals surface area contributed by atoms with Gasteiger partial charge in [-0.1, -0.05) is 26.2 Å². The molecule has 0 radical (unpaired) electrons. The summed E-state index contributed by atoms with van der Waals surface area (Å²) in [7, 11) is 0. The van der Waals surface area contributed by atoms with Crippen molar-refractivity contribution in [3.8, 4) is 5.75 Å². The normalized spacial score (nSPS) is 11.5. The molecule has 0 atom stereocenters. The minimum Gasteiger partial charge on any atom is -0.493 e. The molecule has 1 heterocycles. The number of rotatable bonds is 6. The lowest BCUT2D eigenvalue weighted by atomic mass is 10.0. The molecular formula is C21H26OS. The molecular weight excluding hydrogens is 300 g/mol. The third kappa shape index (κ3) is 3.37. The van der Waals surface area contributed by atoms with Crippen molar-refractivity contribution < 1.29 is 4.74 Å². The SMILES string of the molecule is CCCCCCOc1cc2c(cc1C)sc1cc(C)c(C)cc12. The van der Waals surface area contributed by atoms with Crippen molar-refractivity contribution in [1.82, 2.24) is 0 Å². The van der Waals surface area contributed by atoms with E-state index in [1.54, 1.807) is 0 Å². The Balaban J connectivity index is 1.92. The van der Waals surface area contributed by atoms with Crippen LogP contribution < -0.4 is 4.74 Å². The number of hydrogen-bond acceptors (Lipinski definition) is 2. The summed E-state index contributed by atoms with van der Waals surface area (Å²) >= 11 is 1.89. The molecule has 1 nitrogen and oxygen atoms in total. The van der Waals surface area contributed by atoms with Crippen LogP contribution in [0.25, 0.3) is 20.2 Å². The van der Waals surface area contributed by atoms with Gasteiger partial charge in [-0.05, 0) is 68.1 Å². The fourth-order valence-corrected chi connectivity index (χ4v) is 4.29. The van der Waals surface area contributed by atoms with Crippen molar-refractivity contribution in [2.45, 2.75) is 53.4 Å². The molecule has 0 aliphatic rings. The molecule has 23 heavy (non-hydrogen) atoms. The summed E-state index contributed by atoms with van der Waals surface area (Å²) in [6.07, 6.45) is 4.98. The predicted molar refractivity (Wildman–Crippen MR) is 103 cm³/mol. The van der Waals surface area contributed by atoms with Crippen LogP contribution in [0.2, 0.25) is 0 Å². The van der Waals surface area contributed by atoms with Gasteiger partial charge in [-0.25, -0.2) is 0 Å². The van der Waals surface area contributed by atoms with Crippen LogP contribution in [-0.4, -0.2) is 6.61 Å². The zero-order valence-electron chi connectivity index (χ0n) is 14.7. The fraction of sp³-hybridized carbons (Fsp3) is 0.429. The second-order valence-corrected chi connectivity index (χ2v) is 7.64. The number of unbranched alkanes of at least 4 members (excludes halogenated alkanes) is 3. The lowest BCUT2D eigenvalue weighted by molar-refractivity contribution is 0.303. The van der Waals surface area contributed by atoms with Crippen LogP contribution in [0.15, 0.2) is 24.3 Å². The van der Waals surface area contributed by atoms with Gasteiger partial charge in [-0.3, -0.25) is 0 Å². The Morgan fingerprint density at radius 2 is 1.43 bits per heavy atom. The number of thiophene rings is 1. The maximum atomic E-state index is 6.07. The first-order valence-corrected chi connectivity index (χ1v) is 9.48. The Kier molecular flexibility index (Phi) is 4.91. The topological polar surface area (TPSA) is 9.23 Å². The molecule has 0 aliphatic carbocycles. The van der Waals surface area contributed by atoms with Gasteiger partial charge in [0, 0.05) is 20.2 Å². The highest BCUT2D eigenvalue weighted by atomic mass is 32.1. The molecule has 0 fully saturated rings. The molecule has 2 heteroatoms. The number of aryl methyl sites for hydroxylation is 3. The van der Waals surface area contributed by atoms with E-state index in [0.29, 0.717) is 0 Å². The smallest absolute Gasteiger partial charge is 0.122 e. The highest BCUT2D eigenvalue weighted by Crippen LogP contribution is 2.38. The first-order chi connectivity index (χ1) is 11.1. The molecule has 1 aromatic heterocycles. The molecule has 0 unspecified atom stereocenters. The second kappa shape index (κ2) is 6.92. The first-order valence-electron chi connectivity index (χ1n) is 8.67. The van der Waals surface area contributed by atoms with E-state index in [1.807, 2.05) is 11.3 Å². The zero-order chi connectivity index (χ0) is 16.4. The molecule has 3 rings (SSSR count). The summed E-state index contributed by atoms with van der Waals surface area (Å²) in [5, 5.41) is 2.70. The van der Waals surface area contributed by atoms with Crippen LogP contribution in [0.5, 0.6) is 5.75 Å². The van der Waals surface area contributed by atoms with Gasteiger partial charge in [0.25, 0.3) is 0 Å². The van der Waals surface area contributed by atoms with Crippen molar-refractivity contribution in [3.63, 3.8) is 0 Å². The van der Waals surface area contributed by atoms with Crippen molar-refractivity contribution in [2.75, 3.05) is 6.61 Å². The van der Waals surface area contributed by atoms with E-state index in [9.17, 15) is 0 Å². The number of fused-ring (bicyclic) bond motifs is 3. The van der Waals surface area contributed by atoms with Gasteiger partial charge in [0.1, 0.15) is 5.75 Å². The van der Waals surface area contributed by atoms with Crippen LogP contribution in [0, 0.1) is 20.8 Å². The number of benzene rings is 2. The summed E-state index contributed by atoms with van der Waals surface area (Å²) in [6, 6.07) is 9.17. The van der Waals surface area contributed by atoms with Gasteiger partial charge in [-0.15, -0.1) is 11.3 Å². The second-order valence-electron chi connectivity index (χ2n) is 6.56. The molecule has 0 saturated carbocycles. The van der Waals surface area contributed by atoms with Gasteiger partial charge in [-0.2, -0.15) is 0 Å². The summed E-state index contributed by atoms with van der Waals surface area (Å²) in [6.45, 7) is 9.60. The lowest BCUT2D eigenvalue weighted by Gasteiger charge is -2.09. The van der Waals surface area contributed by atoms with Gasteiger partial charge >= 0.3 is 0 Å². The van der Waals surface area contributed by atoms with E-state index in [4.69, 9.17) is 4.74 Å². The fourth-order valence-electron chi connectivity index (χ4n) is 3.03. The Labute approximate surface area is 143 Å². The molecule has 2 aromatic carbocycles. The van der Waals surface area contributed by atoms with Gasteiger partial charge in [0.05, 0.1) is 6.61 Å². The van der Waals surface area contributed by atoms with E-state index < -0.39 is 0 Å². The summed E-state index contributed by atoms with van der Waals surface area (Å²) < 4.78 is 8.81. The van der Waals surface area contributed by atoms with Crippen molar-refractivity contribution in [2.24, 2.45) is 0 Å². The Hall–Kier alpha value is -1.54. The van der Waals surface area contributed by atoms with E-state index in [-0.39, 0.29) is 0 Å². The van der Waals surface area contributed by atoms with Crippen LogP contribution in [-0.2, 0) is 0 Å². The van der Waals surface area contributed by atoms with Crippen molar-refractivity contribution >= 4 is 31.5 Å². The lowest BCUT2D eigenvalue weighted by Crippen LogP contribution is -1.98. The number of ether oxygens (including phenoxy) is 1. The molecule has 0 spiro atoms. The average molecular weight is 327 g/mol. The predicted octanol–water partition coefficient (Wildman–Crippen LogP) is 6.94. The molecule has 0 bridgehead atoms. The van der Waals surface area contributed by atoms with Crippen LogP contribution in [0.3, 0.4) is 0 Å². The first kappa shape index (κ1) is 16.3. The van der Waals surface area contributed by atoms with Crippen LogP contribution >= 0.6 is 11.3 Å². The maximum Gasteiger partial charge on any atom is 0.122 e. The van der Waals surface area contributed by atoms with Crippen LogP contribution in [0.4, 0.5) is 0 Å². The minimum absolute atomic E-state index is 0.826. The standard InChI is InChI=1S/C21H26OS/c1-5-6-7-8-9-22-19-13-18-17-10-14(2)15(3)11-20(17)23-21(18)12-16(19)4/h10-13H,5-9H2,1-4H3. The van der Waals surface area contributed by atoms with Crippen LogP contribution in [0.1, 0.15) is 49.3 Å². The van der Waals surface area contributed by atoms with E-state index in [1.165, 1.54) is 56.1 Å². The van der Waals surface area contributed by atoms with Gasteiger partial charge in [0.2, 0.25) is 0 Å². The Morgan fingerprint density at radius 1 is 0.783 bits per heavy atom. The zero-order valence-corrected chi connectivity index (χ0v) is 15.5. The monoisotopic (exact) mass is 326 g/mol.